The number of tetrazole rings is 1. The molecule has 0 radical (unpaired) electrons. The number of benzene rings is 1. The first-order valence-electron chi connectivity index (χ1n) is 14.5. The van der Waals surface area contributed by atoms with Crippen molar-refractivity contribution < 1.29 is 4.74 Å². The highest BCUT2D eigenvalue weighted by molar-refractivity contribution is 5.13. The number of aromatic nitrogens is 4. The normalized spacial score (nSPS) is 20.8. The Kier molecular flexibility index (Phi) is 9.50. The third-order valence-electron chi connectivity index (χ3n) is 8.48. The zero-order chi connectivity index (χ0) is 26.0. The third kappa shape index (κ3) is 7.25. The van der Waals surface area contributed by atoms with Crippen LogP contribution in [0.1, 0.15) is 81.6 Å². The molecule has 5 rings (SSSR count). The SMILES string of the molecule is C#CCCC1(CCNC(c2nnnn2CCOCc2ccccc2)C2CCN(C3CCCCC3)CC2)N=N1. The quantitative estimate of drug-likeness (QED) is 0.292. The maximum absolute atomic E-state index is 5.94. The molecule has 0 bridgehead atoms. The van der Waals surface area contributed by atoms with Crippen LogP contribution in [0.5, 0.6) is 0 Å². The van der Waals surface area contributed by atoms with Crippen LogP contribution in [0.25, 0.3) is 0 Å². The average Bonchev–Trinajstić information content (AvgIpc) is 3.60. The van der Waals surface area contributed by atoms with Crippen LogP contribution in [0.15, 0.2) is 40.6 Å². The maximum atomic E-state index is 5.94. The molecule has 1 N–H and O–H groups in total. The molecule has 9 heteroatoms. The van der Waals surface area contributed by atoms with E-state index in [4.69, 9.17) is 11.2 Å². The highest BCUT2D eigenvalue weighted by Gasteiger charge is 2.39. The Morgan fingerprint density at radius 3 is 2.58 bits per heavy atom. The first kappa shape index (κ1) is 26.9. The molecule has 1 aliphatic carbocycles. The van der Waals surface area contributed by atoms with E-state index >= 15 is 0 Å². The van der Waals surface area contributed by atoms with Crippen molar-refractivity contribution in [3.05, 3.63) is 41.7 Å². The van der Waals surface area contributed by atoms with Crippen molar-refractivity contribution in [3.63, 3.8) is 0 Å². The molecule has 1 saturated heterocycles. The fourth-order valence-corrected chi connectivity index (χ4v) is 6.14. The summed E-state index contributed by atoms with van der Waals surface area (Å²) in [5, 5.41) is 25.4. The van der Waals surface area contributed by atoms with Gasteiger partial charge in [0.15, 0.2) is 11.5 Å². The third-order valence-corrected chi connectivity index (χ3v) is 8.48. The molecule has 3 heterocycles. The van der Waals surface area contributed by atoms with Gasteiger partial charge in [0, 0.05) is 31.8 Å². The topological polar surface area (TPSA) is 92.8 Å². The monoisotopic (exact) mass is 518 g/mol. The lowest BCUT2D eigenvalue weighted by Gasteiger charge is -2.41. The summed E-state index contributed by atoms with van der Waals surface area (Å²) < 4.78 is 7.87. The minimum Gasteiger partial charge on any atom is -0.375 e. The van der Waals surface area contributed by atoms with Gasteiger partial charge in [0.2, 0.25) is 0 Å². The van der Waals surface area contributed by atoms with E-state index in [0.717, 1.165) is 57.2 Å². The molecule has 2 aliphatic heterocycles. The molecule has 38 heavy (non-hydrogen) atoms. The van der Waals surface area contributed by atoms with Crippen molar-refractivity contribution >= 4 is 0 Å². The second kappa shape index (κ2) is 13.4. The van der Waals surface area contributed by atoms with Gasteiger partial charge in [-0.05, 0) is 60.7 Å². The van der Waals surface area contributed by atoms with E-state index in [0.29, 0.717) is 32.1 Å². The summed E-state index contributed by atoms with van der Waals surface area (Å²) in [5.41, 5.74) is 0.884. The van der Waals surface area contributed by atoms with Gasteiger partial charge in [0.1, 0.15) is 0 Å². The predicted octanol–water partition coefficient (Wildman–Crippen LogP) is 4.53. The number of nitrogens with zero attached hydrogens (tertiary/aromatic N) is 7. The van der Waals surface area contributed by atoms with Crippen molar-refractivity contribution in [2.75, 3.05) is 26.2 Å². The highest BCUT2D eigenvalue weighted by atomic mass is 16.5. The van der Waals surface area contributed by atoms with Crippen LogP contribution in [0.2, 0.25) is 0 Å². The Hall–Kier alpha value is -2.67. The molecule has 9 nitrogen and oxygen atoms in total. The van der Waals surface area contributed by atoms with Crippen LogP contribution in [0.3, 0.4) is 0 Å². The lowest BCUT2D eigenvalue weighted by Crippen LogP contribution is -2.45. The fourth-order valence-electron chi connectivity index (χ4n) is 6.14. The average molecular weight is 519 g/mol. The molecule has 0 spiro atoms. The van der Waals surface area contributed by atoms with Crippen molar-refractivity contribution in [2.24, 2.45) is 16.1 Å². The van der Waals surface area contributed by atoms with Crippen LogP contribution in [-0.4, -0.2) is 63.1 Å². The van der Waals surface area contributed by atoms with Gasteiger partial charge in [-0.15, -0.1) is 17.4 Å². The molecular formula is C29H42N8O. The van der Waals surface area contributed by atoms with Crippen LogP contribution >= 0.6 is 0 Å². The van der Waals surface area contributed by atoms with E-state index in [-0.39, 0.29) is 11.7 Å². The van der Waals surface area contributed by atoms with Gasteiger partial charge < -0.3 is 15.0 Å². The number of nitrogens with one attached hydrogen (secondary N) is 1. The molecule has 1 unspecified atom stereocenters. The summed E-state index contributed by atoms with van der Waals surface area (Å²) >= 11 is 0. The minimum absolute atomic E-state index is 0.0936. The van der Waals surface area contributed by atoms with Gasteiger partial charge in [-0.25, -0.2) is 4.68 Å². The predicted molar refractivity (Wildman–Crippen MR) is 146 cm³/mol. The van der Waals surface area contributed by atoms with Crippen LogP contribution < -0.4 is 5.32 Å². The standard InChI is InChI=1S/C29H42N8O/c1-2-3-16-29(32-33-29)17-18-30-27(25-14-19-36(20-15-25)26-12-8-5-9-13-26)28-31-34-35-37(28)21-22-38-23-24-10-6-4-7-11-24/h1,4,6-7,10-11,25-27,30H,3,5,8-9,12-23H2. The van der Waals surface area contributed by atoms with Crippen LogP contribution in [0.4, 0.5) is 0 Å². The second-order valence-corrected chi connectivity index (χ2v) is 11.0. The van der Waals surface area contributed by atoms with Crippen LogP contribution in [0, 0.1) is 18.3 Å². The molecule has 0 amide bonds. The summed E-state index contributed by atoms with van der Waals surface area (Å²) in [6.07, 6.45) is 17.1. The van der Waals surface area contributed by atoms with E-state index in [2.05, 4.69) is 54.0 Å². The molecule has 1 aromatic heterocycles. The summed E-state index contributed by atoms with van der Waals surface area (Å²) in [6, 6.07) is 11.1. The van der Waals surface area contributed by atoms with Crippen molar-refractivity contribution in [3.8, 4) is 12.3 Å². The van der Waals surface area contributed by atoms with Crippen LogP contribution in [-0.2, 0) is 17.9 Å². The van der Waals surface area contributed by atoms with Crippen molar-refractivity contribution in [1.82, 2.24) is 30.4 Å². The Morgan fingerprint density at radius 1 is 1.05 bits per heavy atom. The maximum Gasteiger partial charge on any atom is 0.193 e. The largest absolute Gasteiger partial charge is 0.375 e. The Balaban J connectivity index is 1.19. The first-order valence-corrected chi connectivity index (χ1v) is 14.5. The Morgan fingerprint density at radius 2 is 1.84 bits per heavy atom. The zero-order valence-corrected chi connectivity index (χ0v) is 22.5. The molecule has 2 aromatic rings. The number of piperidine rings is 1. The van der Waals surface area contributed by atoms with Crippen molar-refractivity contribution in [2.45, 2.75) is 95.1 Å². The molecule has 3 aliphatic rings. The first-order chi connectivity index (χ1) is 18.8. The van der Waals surface area contributed by atoms with Gasteiger partial charge in [0.25, 0.3) is 0 Å². The van der Waals surface area contributed by atoms with E-state index in [1.54, 1.807) is 0 Å². The number of likely N-dealkylation sites (tertiary alicyclic amines) is 1. The lowest BCUT2D eigenvalue weighted by molar-refractivity contribution is 0.0898. The molecular weight excluding hydrogens is 476 g/mol. The van der Waals surface area contributed by atoms with E-state index < -0.39 is 0 Å². The Bertz CT molecular complexity index is 1040. The van der Waals surface area contributed by atoms with Gasteiger partial charge in [-0.1, -0.05) is 49.6 Å². The van der Waals surface area contributed by atoms with E-state index in [9.17, 15) is 0 Å². The fraction of sp³-hybridized carbons (Fsp3) is 0.690. The Labute approximate surface area is 226 Å². The number of hydrogen-bond acceptors (Lipinski definition) is 8. The summed E-state index contributed by atoms with van der Waals surface area (Å²) in [5.74, 6) is 4.12. The van der Waals surface area contributed by atoms with Gasteiger partial charge in [0.05, 0.1) is 25.8 Å². The van der Waals surface area contributed by atoms with Gasteiger partial charge in [-0.3, -0.25) is 0 Å². The molecule has 204 valence electrons. The molecule has 2 fully saturated rings. The summed E-state index contributed by atoms with van der Waals surface area (Å²) in [6.45, 7) is 4.91. The number of hydrogen-bond donors (Lipinski definition) is 1. The van der Waals surface area contributed by atoms with E-state index in [1.807, 2.05) is 22.9 Å². The van der Waals surface area contributed by atoms with Gasteiger partial charge in [-0.2, -0.15) is 10.2 Å². The second-order valence-electron chi connectivity index (χ2n) is 11.0. The van der Waals surface area contributed by atoms with Gasteiger partial charge >= 0.3 is 0 Å². The molecule has 1 atom stereocenters. The molecule has 1 saturated carbocycles. The summed E-state index contributed by atoms with van der Waals surface area (Å²) in [4.78, 5) is 2.74. The van der Waals surface area contributed by atoms with Crippen molar-refractivity contribution in [1.29, 1.82) is 0 Å². The highest BCUT2D eigenvalue weighted by Crippen LogP contribution is 2.37. The lowest BCUT2D eigenvalue weighted by atomic mass is 9.86. The molecule has 1 aromatic carbocycles. The van der Waals surface area contributed by atoms with E-state index in [1.165, 1.54) is 37.7 Å². The number of terminal acetylenes is 1. The number of ether oxygens (including phenoxy) is 1. The minimum atomic E-state index is -0.286. The summed E-state index contributed by atoms with van der Waals surface area (Å²) in [7, 11) is 0. The number of rotatable bonds is 14. The zero-order valence-electron chi connectivity index (χ0n) is 22.5. The smallest absolute Gasteiger partial charge is 0.193 e.